The van der Waals surface area contributed by atoms with Gasteiger partial charge >= 0.3 is 12.1 Å². The summed E-state index contributed by atoms with van der Waals surface area (Å²) in [6, 6.07) is 15.4. The molecule has 5 nitrogen and oxygen atoms in total. The monoisotopic (exact) mass is 351 g/mol. The van der Waals surface area contributed by atoms with Crippen molar-refractivity contribution >= 4 is 12.1 Å². The van der Waals surface area contributed by atoms with Gasteiger partial charge in [0.05, 0.1) is 0 Å². The molecule has 0 unspecified atom stereocenters. The van der Waals surface area contributed by atoms with Crippen molar-refractivity contribution in [3.05, 3.63) is 59.7 Å². The molecule has 5 heteroatoms. The lowest BCUT2D eigenvalue weighted by Crippen LogP contribution is -2.44. The number of carbonyl (C=O) groups is 2. The van der Waals surface area contributed by atoms with E-state index in [0.717, 1.165) is 11.1 Å². The first kappa shape index (κ1) is 16.6. The molecule has 1 heterocycles. The van der Waals surface area contributed by atoms with Gasteiger partial charge in [-0.15, -0.1) is 0 Å². The zero-order valence-electron chi connectivity index (χ0n) is 14.6. The summed E-state index contributed by atoms with van der Waals surface area (Å²) in [4.78, 5) is 25.4. The second-order valence-corrected chi connectivity index (χ2v) is 6.99. The number of hydrogen-bond acceptors (Lipinski definition) is 3. The minimum Gasteiger partial charge on any atom is -0.480 e. The first-order chi connectivity index (χ1) is 12.6. The van der Waals surface area contributed by atoms with Crippen LogP contribution in [0.2, 0.25) is 0 Å². The minimum atomic E-state index is -0.970. The summed E-state index contributed by atoms with van der Waals surface area (Å²) in [5, 5.41) is 9.34. The van der Waals surface area contributed by atoms with Gasteiger partial charge in [0, 0.05) is 12.0 Å². The van der Waals surface area contributed by atoms with E-state index in [1.807, 2.05) is 31.2 Å². The van der Waals surface area contributed by atoms with Gasteiger partial charge in [-0.2, -0.15) is 0 Å². The van der Waals surface area contributed by atoms with E-state index >= 15 is 0 Å². The number of hydrogen-bond donors (Lipinski definition) is 1. The van der Waals surface area contributed by atoms with Crippen molar-refractivity contribution < 1.29 is 19.4 Å². The molecule has 1 aliphatic heterocycles. The summed E-state index contributed by atoms with van der Waals surface area (Å²) in [7, 11) is 0. The summed E-state index contributed by atoms with van der Waals surface area (Å²) in [6.07, 6.45) is 0.617. The maximum Gasteiger partial charge on any atom is 0.410 e. The maximum absolute atomic E-state index is 12.6. The Morgan fingerprint density at radius 1 is 1.04 bits per heavy atom. The Morgan fingerprint density at radius 3 is 2.19 bits per heavy atom. The Balaban J connectivity index is 1.55. The lowest BCUT2D eigenvalue weighted by molar-refractivity contribution is -0.142. The van der Waals surface area contributed by atoms with Crippen LogP contribution in [0.5, 0.6) is 0 Å². The molecule has 1 aliphatic carbocycles. The molecule has 0 radical (unpaired) electrons. The Hall–Kier alpha value is -2.82. The molecule has 2 aliphatic rings. The summed E-state index contributed by atoms with van der Waals surface area (Å²) < 4.78 is 5.60. The van der Waals surface area contributed by atoms with Gasteiger partial charge in [0.25, 0.3) is 0 Å². The number of nitrogens with zero attached hydrogens (tertiary/aromatic N) is 1. The molecular formula is C21H21NO4. The lowest BCUT2D eigenvalue weighted by atomic mass is 9.98. The fraction of sp³-hybridized carbons (Fsp3) is 0.333. The van der Waals surface area contributed by atoms with Crippen LogP contribution < -0.4 is 0 Å². The maximum atomic E-state index is 12.6. The zero-order chi connectivity index (χ0) is 18.3. The summed E-state index contributed by atoms with van der Waals surface area (Å²) >= 11 is 0. The first-order valence-corrected chi connectivity index (χ1v) is 8.94. The van der Waals surface area contributed by atoms with Crippen LogP contribution in [0.25, 0.3) is 11.1 Å². The summed E-state index contributed by atoms with van der Waals surface area (Å²) in [5.41, 5.74) is 4.63. The second-order valence-electron chi connectivity index (χ2n) is 6.99. The zero-order valence-corrected chi connectivity index (χ0v) is 14.6. The number of amides is 1. The predicted octanol–water partition coefficient (Wildman–Crippen LogP) is 3.87. The highest BCUT2D eigenvalue weighted by atomic mass is 16.6. The molecule has 1 saturated heterocycles. The first-order valence-electron chi connectivity index (χ1n) is 8.94. The molecule has 4 rings (SSSR count). The van der Waals surface area contributed by atoms with E-state index in [4.69, 9.17) is 4.74 Å². The number of carboxylic acid groups (broad SMARTS) is 1. The van der Waals surface area contributed by atoms with Crippen LogP contribution in [0.15, 0.2) is 48.5 Å². The highest BCUT2D eigenvalue weighted by Crippen LogP contribution is 2.44. The van der Waals surface area contributed by atoms with Crippen molar-refractivity contribution in [1.29, 1.82) is 0 Å². The van der Waals surface area contributed by atoms with Gasteiger partial charge in [-0.25, -0.2) is 9.59 Å². The van der Waals surface area contributed by atoms with Crippen molar-refractivity contribution in [3.63, 3.8) is 0 Å². The van der Waals surface area contributed by atoms with E-state index in [1.165, 1.54) is 16.0 Å². The van der Waals surface area contributed by atoms with E-state index in [-0.39, 0.29) is 18.6 Å². The molecule has 0 aromatic heterocycles. The number of ether oxygens (including phenoxy) is 1. The smallest absolute Gasteiger partial charge is 0.410 e. The fourth-order valence-electron chi connectivity index (χ4n) is 4.20. The lowest BCUT2D eigenvalue weighted by Gasteiger charge is -2.26. The summed E-state index contributed by atoms with van der Waals surface area (Å²) in [5.74, 6) is -0.990. The van der Waals surface area contributed by atoms with E-state index < -0.39 is 18.1 Å². The number of carboxylic acids is 1. The van der Waals surface area contributed by atoms with Crippen molar-refractivity contribution in [2.75, 3.05) is 6.61 Å². The summed E-state index contributed by atoms with van der Waals surface area (Å²) in [6.45, 7) is 2.08. The van der Waals surface area contributed by atoms with E-state index in [9.17, 15) is 14.7 Å². The average Bonchev–Trinajstić information content (AvgIpc) is 3.18. The number of likely N-dealkylation sites (tertiary alicyclic amines) is 1. The third-order valence-corrected chi connectivity index (χ3v) is 5.50. The molecule has 2 aromatic rings. The quantitative estimate of drug-likeness (QED) is 0.911. The predicted molar refractivity (Wildman–Crippen MR) is 97.0 cm³/mol. The van der Waals surface area contributed by atoms with Crippen LogP contribution >= 0.6 is 0 Å². The van der Waals surface area contributed by atoms with Gasteiger partial charge in [0.2, 0.25) is 0 Å². The highest BCUT2D eigenvalue weighted by molar-refractivity contribution is 5.82. The van der Waals surface area contributed by atoms with Crippen molar-refractivity contribution in [2.24, 2.45) is 0 Å². The van der Waals surface area contributed by atoms with Crippen LogP contribution in [-0.2, 0) is 9.53 Å². The molecule has 1 fully saturated rings. The Labute approximate surface area is 152 Å². The Kier molecular flexibility index (Phi) is 4.15. The molecule has 2 aromatic carbocycles. The van der Waals surface area contributed by atoms with Crippen LogP contribution in [0.3, 0.4) is 0 Å². The minimum absolute atomic E-state index is 0.0208. The number of fused-ring (bicyclic) bond motifs is 3. The number of rotatable bonds is 3. The van der Waals surface area contributed by atoms with Crippen molar-refractivity contribution in [3.8, 4) is 11.1 Å². The molecule has 2 atom stereocenters. The molecule has 0 bridgehead atoms. The van der Waals surface area contributed by atoms with Gasteiger partial charge in [0.15, 0.2) is 0 Å². The Bertz CT molecular complexity index is 817. The van der Waals surface area contributed by atoms with E-state index in [2.05, 4.69) is 24.3 Å². The SMILES string of the molecule is C[C@H]1CC[C@@H](C(=O)O)N1C(=O)OCC1c2ccccc2-c2ccccc21. The van der Waals surface area contributed by atoms with Gasteiger partial charge in [-0.05, 0) is 42.0 Å². The molecule has 0 saturated carbocycles. The normalized spacial score (nSPS) is 21.3. The van der Waals surface area contributed by atoms with E-state index in [1.54, 1.807) is 0 Å². The molecule has 134 valence electrons. The van der Waals surface area contributed by atoms with Crippen LogP contribution in [0.4, 0.5) is 4.79 Å². The number of carbonyl (C=O) groups excluding carboxylic acids is 1. The average molecular weight is 351 g/mol. The van der Waals surface area contributed by atoms with Crippen molar-refractivity contribution in [1.82, 2.24) is 4.90 Å². The molecule has 1 amide bonds. The third-order valence-electron chi connectivity index (χ3n) is 5.50. The van der Waals surface area contributed by atoms with Crippen LogP contribution in [0.1, 0.15) is 36.8 Å². The van der Waals surface area contributed by atoms with Crippen LogP contribution in [-0.4, -0.2) is 40.8 Å². The van der Waals surface area contributed by atoms with Gasteiger partial charge in [-0.1, -0.05) is 48.5 Å². The number of benzene rings is 2. The fourth-order valence-corrected chi connectivity index (χ4v) is 4.20. The highest BCUT2D eigenvalue weighted by Gasteiger charge is 2.40. The topological polar surface area (TPSA) is 66.8 Å². The van der Waals surface area contributed by atoms with Gasteiger partial charge in [-0.3, -0.25) is 4.90 Å². The third kappa shape index (κ3) is 2.64. The number of aliphatic carboxylic acids is 1. The van der Waals surface area contributed by atoms with E-state index in [0.29, 0.717) is 12.8 Å². The van der Waals surface area contributed by atoms with Gasteiger partial charge < -0.3 is 9.84 Å². The molecule has 0 spiro atoms. The van der Waals surface area contributed by atoms with Gasteiger partial charge in [0.1, 0.15) is 12.6 Å². The standard InChI is InChI=1S/C21H21NO4/c1-13-10-11-19(20(23)24)22(13)21(25)26-12-18-16-8-4-2-6-14(16)15-7-3-5-9-17(15)18/h2-9,13,18-19H,10-12H2,1H3,(H,23,24)/t13-,19-/m0/s1. The van der Waals surface area contributed by atoms with Crippen LogP contribution in [0, 0.1) is 0 Å². The van der Waals surface area contributed by atoms with Crippen molar-refractivity contribution in [2.45, 2.75) is 37.8 Å². The molecule has 1 N–H and O–H groups in total. The second kappa shape index (κ2) is 6.48. The Morgan fingerprint density at radius 2 is 1.62 bits per heavy atom. The molecule has 26 heavy (non-hydrogen) atoms. The largest absolute Gasteiger partial charge is 0.480 e. The molecular weight excluding hydrogens is 330 g/mol.